The van der Waals surface area contributed by atoms with E-state index in [1.54, 1.807) is 0 Å². The Labute approximate surface area is 91.0 Å². The van der Waals surface area contributed by atoms with Crippen molar-refractivity contribution in [3.05, 3.63) is 24.0 Å². The molecule has 2 N–H and O–H groups in total. The van der Waals surface area contributed by atoms with Crippen LogP contribution in [-0.4, -0.2) is 31.5 Å². The van der Waals surface area contributed by atoms with E-state index in [9.17, 15) is 8.42 Å². The summed E-state index contributed by atoms with van der Waals surface area (Å²) in [5.41, 5.74) is 1.18. The van der Waals surface area contributed by atoms with Crippen molar-refractivity contribution in [1.82, 2.24) is 10.3 Å². The molecular weight excluding hydrogens is 212 g/mol. The summed E-state index contributed by atoms with van der Waals surface area (Å²) in [5.74, 6) is 0.244. The molecule has 1 rings (SSSR count). The van der Waals surface area contributed by atoms with E-state index in [0.29, 0.717) is 6.42 Å². The zero-order valence-electron chi connectivity index (χ0n) is 9.16. The molecule has 0 saturated heterocycles. The molecular formula is C10H18N2O2S. The summed E-state index contributed by atoms with van der Waals surface area (Å²) in [6.07, 6.45) is 5.73. The van der Waals surface area contributed by atoms with Crippen molar-refractivity contribution in [2.24, 2.45) is 0 Å². The Balaban J connectivity index is 2.22. The van der Waals surface area contributed by atoms with Gasteiger partial charge in [0.2, 0.25) is 0 Å². The average Bonchev–Trinajstić information content (AvgIpc) is 2.62. The van der Waals surface area contributed by atoms with Gasteiger partial charge in [-0.3, -0.25) is 0 Å². The van der Waals surface area contributed by atoms with Crippen molar-refractivity contribution in [2.45, 2.75) is 25.9 Å². The van der Waals surface area contributed by atoms with E-state index in [-0.39, 0.29) is 11.8 Å². The first-order chi connectivity index (χ1) is 6.97. The zero-order valence-corrected chi connectivity index (χ0v) is 9.97. The lowest BCUT2D eigenvalue weighted by Crippen LogP contribution is -2.27. The quantitative estimate of drug-likeness (QED) is 0.764. The largest absolute Gasteiger partial charge is 0.367 e. The number of hydrogen-bond donors (Lipinski definition) is 2. The van der Waals surface area contributed by atoms with Gasteiger partial charge < -0.3 is 10.3 Å². The predicted molar refractivity (Wildman–Crippen MR) is 61.4 cm³/mol. The number of nitrogens with one attached hydrogen (secondary N) is 2. The third-order valence-corrected chi connectivity index (χ3v) is 3.22. The van der Waals surface area contributed by atoms with E-state index in [1.807, 2.05) is 25.4 Å². The maximum Gasteiger partial charge on any atom is 0.147 e. The van der Waals surface area contributed by atoms with Crippen LogP contribution in [0, 0.1) is 0 Å². The topological polar surface area (TPSA) is 62.0 Å². The lowest BCUT2D eigenvalue weighted by Gasteiger charge is -2.12. The summed E-state index contributed by atoms with van der Waals surface area (Å²) in [6.45, 7) is 2.77. The van der Waals surface area contributed by atoms with E-state index in [0.717, 1.165) is 6.54 Å². The molecule has 0 aliphatic carbocycles. The van der Waals surface area contributed by atoms with Crippen LogP contribution < -0.4 is 5.32 Å². The number of H-pyrrole nitrogens is 1. The second-order valence-electron chi connectivity index (χ2n) is 3.92. The maximum absolute atomic E-state index is 10.9. The molecule has 0 saturated carbocycles. The van der Waals surface area contributed by atoms with Crippen molar-refractivity contribution in [3.8, 4) is 0 Å². The van der Waals surface area contributed by atoms with Crippen LogP contribution in [0.2, 0.25) is 0 Å². The number of aromatic amines is 1. The van der Waals surface area contributed by atoms with E-state index >= 15 is 0 Å². The normalized spacial score (nSPS) is 14.0. The number of aromatic nitrogens is 1. The summed E-state index contributed by atoms with van der Waals surface area (Å²) < 4.78 is 21.9. The van der Waals surface area contributed by atoms with Crippen molar-refractivity contribution < 1.29 is 8.42 Å². The van der Waals surface area contributed by atoms with E-state index in [1.165, 1.54) is 11.8 Å². The van der Waals surface area contributed by atoms with Gasteiger partial charge in [0.15, 0.2) is 0 Å². The molecule has 1 aromatic rings. The Morgan fingerprint density at radius 3 is 2.80 bits per heavy atom. The molecule has 1 unspecified atom stereocenters. The second-order valence-corrected chi connectivity index (χ2v) is 6.18. The molecule has 4 nitrogen and oxygen atoms in total. The van der Waals surface area contributed by atoms with Gasteiger partial charge in [0, 0.05) is 31.2 Å². The van der Waals surface area contributed by atoms with Gasteiger partial charge in [0.05, 0.1) is 5.75 Å². The summed E-state index contributed by atoms with van der Waals surface area (Å²) in [5, 5.41) is 3.27. The van der Waals surface area contributed by atoms with Crippen LogP contribution in [0.25, 0.3) is 0 Å². The van der Waals surface area contributed by atoms with Crippen LogP contribution in [0.1, 0.15) is 18.9 Å². The molecule has 0 aliphatic heterocycles. The van der Waals surface area contributed by atoms with Gasteiger partial charge in [0.1, 0.15) is 9.84 Å². The van der Waals surface area contributed by atoms with Crippen LogP contribution in [-0.2, 0) is 16.4 Å². The molecule has 5 heteroatoms. The van der Waals surface area contributed by atoms with Gasteiger partial charge >= 0.3 is 0 Å². The smallest absolute Gasteiger partial charge is 0.147 e. The second kappa shape index (κ2) is 5.32. The Hall–Kier alpha value is -0.810. The maximum atomic E-state index is 10.9. The van der Waals surface area contributed by atoms with E-state index < -0.39 is 9.84 Å². The van der Waals surface area contributed by atoms with Gasteiger partial charge in [-0.25, -0.2) is 8.42 Å². The first kappa shape index (κ1) is 12.3. The summed E-state index contributed by atoms with van der Waals surface area (Å²) in [6, 6.07) is 2.21. The fourth-order valence-electron chi connectivity index (χ4n) is 1.25. The minimum absolute atomic E-state index is 0.217. The van der Waals surface area contributed by atoms with Crippen LogP contribution in [0.15, 0.2) is 18.5 Å². The lowest BCUT2D eigenvalue weighted by atomic mass is 10.2. The fourth-order valence-corrected chi connectivity index (χ4v) is 2.04. The monoisotopic (exact) mass is 230 g/mol. The number of sulfone groups is 1. The van der Waals surface area contributed by atoms with Crippen molar-refractivity contribution in [2.75, 3.05) is 12.0 Å². The van der Waals surface area contributed by atoms with Crippen molar-refractivity contribution >= 4 is 9.84 Å². The highest BCUT2D eigenvalue weighted by molar-refractivity contribution is 7.90. The van der Waals surface area contributed by atoms with E-state index in [4.69, 9.17) is 0 Å². The summed E-state index contributed by atoms with van der Waals surface area (Å²) in [7, 11) is -2.84. The first-order valence-corrected chi connectivity index (χ1v) is 7.06. The third-order valence-electron chi connectivity index (χ3n) is 2.24. The van der Waals surface area contributed by atoms with Gasteiger partial charge in [-0.2, -0.15) is 0 Å². The highest BCUT2D eigenvalue weighted by Crippen LogP contribution is 1.99. The highest BCUT2D eigenvalue weighted by Gasteiger charge is 2.07. The van der Waals surface area contributed by atoms with Gasteiger partial charge in [-0.15, -0.1) is 0 Å². The molecule has 1 heterocycles. The SMILES string of the molecule is CC(CCS(C)(=O)=O)NCc1cc[nH]c1. The lowest BCUT2D eigenvalue weighted by molar-refractivity contribution is 0.527. The third kappa shape index (κ3) is 5.59. The van der Waals surface area contributed by atoms with Gasteiger partial charge in [-0.1, -0.05) is 0 Å². The van der Waals surface area contributed by atoms with Gasteiger partial charge in [-0.05, 0) is 25.0 Å². The van der Waals surface area contributed by atoms with Crippen LogP contribution in [0.5, 0.6) is 0 Å². The molecule has 1 atom stereocenters. The molecule has 0 amide bonds. The molecule has 0 radical (unpaired) electrons. The standard InChI is InChI=1S/C10H18N2O2S/c1-9(4-6-15(2,13)14)12-8-10-3-5-11-7-10/h3,5,7,9,11-12H,4,6,8H2,1-2H3. The summed E-state index contributed by atoms with van der Waals surface area (Å²) >= 11 is 0. The summed E-state index contributed by atoms with van der Waals surface area (Å²) in [4.78, 5) is 2.97. The van der Waals surface area contributed by atoms with E-state index in [2.05, 4.69) is 10.3 Å². The van der Waals surface area contributed by atoms with Crippen LogP contribution in [0.3, 0.4) is 0 Å². The molecule has 86 valence electrons. The average molecular weight is 230 g/mol. The van der Waals surface area contributed by atoms with Crippen molar-refractivity contribution in [3.63, 3.8) is 0 Å². The molecule has 0 bridgehead atoms. The Morgan fingerprint density at radius 2 is 2.27 bits per heavy atom. The highest BCUT2D eigenvalue weighted by atomic mass is 32.2. The van der Waals surface area contributed by atoms with Gasteiger partial charge in [0.25, 0.3) is 0 Å². The Morgan fingerprint density at radius 1 is 1.53 bits per heavy atom. The minimum Gasteiger partial charge on any atom is -0.367 e. The molecule has 1 aromatic heterocycles. The zero-order chi connectivity index (χ0) is 11.3. The molecule has 15 heavy (non-hydrogen) atoms. The van der Waals surface area contributed by atoms with Crippen LogP contribution in [0.4, 0.5) is 0 Å². The first-order valence-electron chi connectivity index (χ1n) is 5.00. The van der Waals surface area contributed by atoms with Crippen LogP contribution >= 0.6 is 0 Å². The molecule has 0 aromatic carbocycles. The fraction of sp³-hybridized carbons (Fsp3) is 0.600. The molecule has 0 spiro atoms. The Kier molecular flexibility index (Phi) is 4.35. The Bertz CT molecular complexity index is 370. The number of hydrogen-bond acceptors (Lipinski definition) is 3. The number of rotatable bonds is 6. The minimum atomic E-state index is -2.84. The molecule has 0 aliphatic rings. The van der Waals surface area contributed by atoms with Crippen molar-refractivity contribution in [1.29, 1.82) is 0 Å². The molecule has 0 fully saturated rings. The predicted octanol–water partition coefficient (Wildman–Crippen LogP) is 0.927.